The maximum absolute atomic E-state index is 10.8. The summed E-state index contributed by atoms with van der Waals surface area (Å²) in [4.78, 5) is 10.8. The molecule has 0 N–H and O–H groups in total. The molecular formula is C8H12O3. The van der Waals surface area contributed by atoms with Gasteiger partial charge in [0.15, 0.2) is 0 Å². The quantitative estimate of drug-likeness (QED) is 0.397. The van der Waals surface area contributed by atoms with Crippen molar-refractivity contribution in [3.8, 4) is 0 Å². The fraction of sp³-hybridized carbons (Fsp3) is 0.625. The number of hydrogen-bond acceptors (Lipinski definition) is 3. The molecule has 1 aliphatic heterocycles. The highest BCUT2D eigenvalue weighted by Gasteiger charge is 2.24. The van der Waals surface area contributed by atoms with E-state index in [0.29, 0.717) is 6.61 Å². The topological polar surface area (TPSA) is 35.5 Å². The Kier molecular flexibility index (Phi) is 1.89. The van der Waals surface area contributed by atoms with Gasteiger partial charge in [0.1, 0.15) is 12.2 Å². The van der Waals surface area contributed by atoms with E-state index in [-0.39, 0.29) is 0 Å². The third-order valence-electron chi connectivity index (χ3n) is 1.36. The molecule has 0 aromatic rings. The lowest BCUT2D eigenvalue weighted by Gasteiger charge is -2.17. The summed E-state index contributed by atoms with van der Waals surface area (Å²) in [6.07, 6.45) is 1.29. The van der Waals surface area contributed by atoms with Crippen LogP contribution in [0.25, 0.3) is 0 Å². The first-order valence-corrected chi connectivity index (χ1v) is 3.54. The van der Waals surface area contributed by atoms with Gasteiger partial charge in [-0.1, -0.05) is 0 Å². The van der Waals surface area contributed by atoms with Crippen LogP contribution in [-0.2, 0) is 9.47 Å². The first-order valence-electron chi connectivity index (χ1n) is 3.54. The number of carbonyl (C=O) groups excluding carboxylic acids is 1. The highest BCUT2D eigenvalue weighted by molar-refractivity contribution is 5.61. The number of rotatable bonds is 0. The lowest BCUT2D eigenvalue weighted by Crippen LogP contribution is -2.23. The minimum absolute atomic E-state index is 0.336. The van der Waals surface area contributed by atoms with Crippen molar-refractivity contribution in [3.63, 3.8) is 0 Å². The second-order valence-electron chi connectivity index (χ2n) is 3.23. The van der Waals surface area contributed by atoms with Crippen molar-refractivity contribution in [2.24, 2.45) is 0 Å². The minimum atomic E-state index is -0.594. The summed E-state index contributed by atoms with van der Waals surface area (Å²) < 4.78 is 9.65. The zero-order chi connectivity index (χ0) is 8.48. The van der Waals surface area contributed by atoms with E-state index in [1.807, 2.05) is 26.8 Å². The molecule has 1 heterocycles. The van der Waals surface area contributed by atoms with E-state index in [0.717, 1.165) is 5.57 Å². The molecule has 3 heteroatoms. The molecule has 11 heavy (non-hydrogen) atoms. The summed E-state index contributed by atoms with van der Waals surface area (Å²) in [5, 5.41) is 0. The number of cyclic esters (lactones) is 2. The number of hydrogen-bond donors (Lipinski definition) is 0. The van der Waals surface area contributed by atoms with Crippen LogP contribution in [0.5, 0.6) is 0 Å². The Labute approximate surface area is 66.0 Å². The monoisotopic (exact) mass is 156 g/mol. The van der Waals surface area contributed by atoms with Gasteiger partial charge in [-0.3, -0.25) is 0 Å². The molecule has 1 aliphatic rings. The van der Waals surface area contributed by atoms with Crippen LogP contribution in [0.2, 0.25) is 0 Å². The lowest BCUT2D eigenvalue weighted by atomic mass is 10.1. The highest BCUT2D eigenvalue weighted by atomic mass is 16.7. The molecule has 0 fully saturated rings. The van der Waals surface area contributed by atoms with E-state index in [9.17, 15) is 4.79 Å². The van der Waals surface area contributed by atoms with E-state index in [4.69, 9.17) is 9.47 Å². The Morgan fingerprint density at radius 1 is 1.55 bits per heavy atom. The highest BCUT2D eigenvalue weighted by Crippen LogP contribution is 2.18. The zero-order valence-electron chi connectivity index (χ0n) is 7.01. The van der Waals surface area contributed by atoms with Crippen LogP contribution < -0.4 is 0 Å². The third-order valence-corrected chi connectivity index (χ3v) is 1.36. The van der Waals surface area contributed by atoms with Crippen LogP contribution in [0, 0.1) is 0 Å². The molecule has 0 saturated heterocycles. The summed E-state index contributed by atoms with van der Waals surface area (Å²) >= 11 is 0. The summed E-state index contributed by atoms with van der Waals surface area (Å²) in [7, 11) is 0. The van der Waals surface area contributed by atoms with Crippen LogP contribution in [0.4, 0.5) is 4.79 Å². The van der Waals surface area contributed by atoms with Gasteiger partial charge in [0, 0.05) is 0 Å². The molecule has 0 bridgehead atoms. The van der Waals surface area contributed by atoms with Gasteiger partial charge in [-0.2, -0.15) is 0 Å². The van der Waals surface area contributed by atoms with Gasteiger partial charge in [0.2, 0.25) is 0 Å². The molecule has 0 amide bonds. The molecule has 0 unspecified atom stereocenters. The lowest BCUT2D eigenvalue weighted by molar-refractivity contribution is 0.0177. The van der Waals surface area contributed by atoms with Crippen molar-refractivity contribution in [3.05, 3.63) is 11.6 Å². The van der Waals surface area contributed by atoms with E-state index in [1.54, 1.807) is 0 Å². The van der Waals surface area contributed by atoms with Crippen LogP contribution in [0.15, 0.2) is 11.6 Å². The molecule has 3 nitrogen and oxygen atoms in total. The molecule has 0 atom stereocenters. The molecule has 0 aromatic heterocycles. The van der Waals surface area contributed by atoms with Crippen molar-refractivity contribution in [1.29, 1.82) is 0 Å². The summed E-state index contributed by atoms with van der Waals surface area (Å²) in [5.74, 6) is 0. The van der Waals surface area contributed by atoms with Crippen molar-refractivity contribution in [2.45, 2.75) is 26.4 Å². The van der Waals surface area contributed by atoms with E-state index in [2.05, 4.69) is 0 Å². The second-order valence-corrected chi connectivity index (χ2v) is 3.23. The SMILES string of the molecule is CC1=CC(C)(C)OC(=O)OC1. The van der Waals surface area contributed by atoms with Crippen molar-refractivity contribution < 1.29 is 14.3 Å². The predicted octanol–water partition coefficient (Wildman–Crippen LogP) is 1.88. The molecule has 0 spiro atoms. The van der Waals surface area contributed by atoms with Gasteiger partial charge in [0.05, 0.1) is 0 Å². The third kappa shape index (κ3) is 2.26. The van der Waals surface area contributed by atoms with Gasteiger partial charge >= 0.3 is 6.16 Å². The molecule has 1 rings (SSSR count). The zero-order valence-corrected chi connectivity index (χ0v) is 7.01. The van der Waals surface area contributed by atoms with Gasteiger partial charge in [-0.05, 0) is 32.4 Å². The Bertz CT molecular complexity index is 203. The maximum Gasteiger partial charge on any atom is 0.509 e. The summed E-state index contributed by atoms with van der Waals surface area (Å²) in [5.41, 5.74) is 0.485. The van der Waals surface area contributed by atoms with Crippen molar-refractivity contribution in [1.82, 2.24) is 0 Å². The molecule has 0 aromatic carbocycles. The Hall–Kier alpha value is -0.990. The average Bonchev–Trinajstić information content (AvgIpc) is 1.89. The molecular weight excluding hydrogens is 144 g/mol. The van der Waals surface area contributed by atoms with Crippen LogP contribution in [-0.4, -0.2) is 18.4 Å². The fourth-order valence-corrected chi connectivity index (χ4v) is 1.08. The number of ether oxygens (including phenoxy) is 2. The normalized spacial score (nSPS) is 22.8. The summed E-state index contributed by atoms with van der Waals surface area (Å²) in [6, 6.07) is 0. The van der Waals surface area contributed by atoms with Crippen LogP contribution in [0.1, 0.15) is 20.8 Å². The Balaban J connectivity index is 2.80. The Morgan fingerprint density at radius 2 is 2.18 bits per heavy atom. The smallest absolute Gasteiger partial charge is 0.430 e. The van der Waals surface area contributed by atoms with Gasteiger partial charge in [0.25, 0.3) is 0 Å². The average molecular weight is 156 g/mol. The minimum Gasteiger partial charge on any atom is -0.430 e. The maximum atomic E-state index is 10.8. The van der Waals surface area contributed by atoms with Crippen molar-refractivity contribution >= 4 is 6.16 Å². The molecule has 0 aliphatic carbocycles. The van der Waals surface area contributed by atoms with Gasteiger partial charge in [-0.25, -0.2) is 4.79 Å². The first kappa shape index (κ1) is 8.11. The van der Waals surface area contributed by atoms with E-state index < -0.39 is 11.8 Å². The van der Waals surface area contributed by atoms with Crippen LogP contribution >= 0.6 is 0 Å². The molecule has 0 saturated carbocycles. The molecule has 0 radical (unpaired) electrons. The van der Waals surface area contributed by atoms with Gasteiger partial charge < -0.3 is 9.47 Å². The number of carbonyl (C=O) groups is 1. The van der Waals surface area contributed by atoms with E-state index in [1.165, 1.54) is 0 Å². The van der Waals surface area contributed by atoms with E-state index >= 15 is 0 Å². The van der Waals surface area contributed by atoms with Crippen molar-refractivity contribution in [2.75, 3.05) is 6.61 Å². The van der Waals surface area contributed by atoms with Crippen LogP contribution in [0.3, 0.4) is 0 Å². The first-order chi connectivity index (χ1) is 4.99. The molecule has 62 valence electrons. The fourth-order valence-electron chi connectivity index (χ4n) is 1.08. The van der Waals surface area contributed by atoms with Gasteiger partial charge in [-0.15, -0.1) is 0 Å². The largest absolute Gasteiger partial charge is 0.509 e. The summed E-state index contributed by atoms with van der Waals surface area (Å²) in [6.45, 7) is 5.89. The standard InChI is InChI=1S/C8H12O3/c1-6-4-8(2,3)11-7(9)10-5-6/h4H,5H2,1-3H3. The Morgan fingerprint density at radius 3 is 2.82 bits per heavy atom. The second kappa shape index (κ2) is 2.57. The predicted molar refractivity (Wildman–Crippen MR) is 40.3 cm³/mol.